The van der Waals surface area contributed by atoms with E-state index in [0.717, 1.165) is 37.0 Å². The molecule has 0 radical (unpaired) electrons. The Morgan fingerprint density at radius 2 is 1.81 bits per heavy atom. The van der Waals surface area contributed by atoms with Gasteiger partial charge in [-0.15, -0.1) is 0 Å². The molecule has 0 saturated heterocycles. The molecule has 1 rings (SSSR count). The summed E-state index contributed by atoms with van der Waals surface area (Å²) in [6.45, 7) is 4.01. The molecular formula is C17H27NNiO2. The molecule has 21 heavy (non-hydrogen) atoms. The molecule has 4 heteroatoms. The average molecular weight is 336 g/mol. The molecule has 0 bridgehead atoms. The summed E-state index contributed by atoms with van der Waals surface area (Å²) in [4.78, 5) is 0. The van der Waals surface area contributed by atoms with Crippen LogP contribution in [0.4, 0.5) is 0 Å². The summed E-state index contributed by atoms with van der Waals surface area (Å²) < 4.78 is 0. The molecule has 1 aromatic carbocycles. The van der Waals surface area contributed by atoms with Gasteiger partial charge in [-0.25, -0.2) is 0 Å². The van der Waals surface area contributed by atoms with Gasteiger partial charge < -0.3 is 10.3 Å². The summed E-state index contributed by atoms with van der Waals surface area (Å²) in [5.41, 5.74) is 1.73. The first-order valence-electron chi connectivity index (χ1n) is 7.61. The number of oxime groups is 1. The van der Waals surface area contributed by atoms with Crippen molar-refractivity contribution in [1.29, 1.82) is 0 Å². The number of unbranched alkanes of at least 4 members (excludes halogenated alkanes) is 1. The van der Waals surface area contributed by atoms with Gasteiger partial charge in [0.2, 0.25) is 0 Å². The molecule has 3 nitrogen and oxygen atoms in total. The quantitative estimate of drug-likeness (QED) is 0.307. The van der Waals surface area contributed by atoms with Crippen molar-refractivity contribution in [3.8, 4) is 0 Å². The molecule has 0 aliphatic rings. The van der Waals surface area contributed by atoms with Gasteiger partial charge in [0.25, 0.3) is 0 Å². The smallest absolute Gasteiger partial charge is 0.0870 e. The molecule has 2 unspecified atom stereocenters. The molecule has 0 aliphatic heterocycles. The van der Waals surface area contributed by atoms with Gasteiger partial charge in [-0.2, -0.15) is 0 Å². The van der Waals surface area contributed by atoms with Gasteiger partial charge in [0.15, 0.2) is 0 Å². The monoisotopic (exact) mass is 335 g/mol. The van der Waals surface area contributed by atoms with E-state index in [2.05, 4.69) is 12.1 Å². The first kappa shape index (κ1) is 20.1. The van der Waals surface area contributed by atoms with Crippen LogP contribution in [0.5, 0.6) is 0 Å². The van der Waals surface area contributed by atoms with Crippen LogP contribution in [0.15, 0.2) is 35.5 Å². The maximum Gasteiger partial charge on any atom is 0.0870 e. The van der Waals surface area contributed by atoms with Crippen LogP contribution in [-0.4, -0.2) is 22.1 Å². The third kappa shape index (κ3) is 8.23. The Hall–Kier alpha value is -0.856. The predicted octanol–water partition coefficient (Wildman–Crippen LogP) is 4.22. The maximum absolute atomic E-state index is 9.46. The van der Waals surface area contributed by atoms with E-state index in [1.54, 1.807) is 0 Å². The first-order chi connectivity index (χ1) is 9.67. The standard InChI is InChI=1S/C17H27NO2.Ni/c1-3-4-8-15(12-11-14(2)19)13-17(18-20)16-9-6-5-7-10-16;/h5-7,9-10,14-15,19-20H,3-4,8,11-13H2,1-2H3;. The molecule has 0 spiro atoms. The fourth-order valence-corrected chi connectivity index (χ4v) is 2.44. The van der Waals surface area contributed by atoms with E-state index < -0.39 is 0 Å². The summed E-state index contributed by atoms with van der Waals surface area (Å²) in [5, 5.41) is 22.2. The number of nitrogens with zero attached hydrogens (tertiary/aromatic N) is 1. The van der Waals surface area contributed by atoms with Crippen LogP contribution in [-0.2, 0) is 16.5 Å². The molecule has 0 fully saturated rings. The second-order valence-corrected chi connectivity index (χ2v) is 5.55. The number of benzene rings is 1. The zero-order chi connectivity index (χ0) is 14.8. The van der Waals surface area contributed by atoms with Crippen molar-refractivity contribution in [3.05, 3.63) is 35.9 Å². The minimum Gasteiger partial charge on any atom is -0.411 e. The average Bonchev–Trinajstić information content (AvgIpc) is 2.47. The fourth-order valence-electron chi connectivity index (χ4n) is 2.44. The van der Waals surface area contributed by atoms with Crippen molar-refractivity contribution in [3.63, 3.8) is 0 Å². The molecular weight excluding hydrogens is 309 g/mol. The van der Waals surface area contributed by atoms with E-state index >= 15 is 0 Å². The van der Waals surface area contributed by atoms with Crippen LogP contribution >= 0.6 is 0 Å². The fraction of sp³-hybridized carbons (Fsp3) is 0.588. The van der Waals surface area contributed by atoms with Crippen molar-refractivity contribution in [2.45, 2.75) is 58.5 Å². The summed E-state index contributed by atoms with van der Waals surface area (Å²) >= 11 is 0. The minimum absolute atomic E-state index is 0. The second-order valence-electron chi connectivity index (χ2n) is 5.55. The molecule has 122 valence electrons. The molecule has 0 aliphatic carbocycles. The SMILES string of the molecule is CCCCC(CCC(C)O)CC(=NO)c1ccccc1.[Ni]. The Morgan fingerprint density at radius 1 is 1.14 bits per heavy atom. The van der Waals surface area contributed by atoms with Crippen LogP contribution < -0.4 is 0 Å². The van der Waals surface area contributed by atoms with E-state index in [1.807, 2.05) is 37.3 Å². The van der Waals surface area contributed by atoms with Gasteiger partial charge in [-0.05, 0) is 37.7 Å². The van der Waals surface area contributed by atoms with E-state index in [0.29, 0.717) is 5.92 Å². The van der Waals surface area contributed by atoms with Crippen molar-refractivity contribution in [1.82, 2.24) is 0 Å². The number of rotatable bonds is 9. The normalized spacial score (nSPS) is 14.3. The van der Waals surface area contributed by atoms with Gasteiger partial charge in [0, 0.05) is 16.5 Å². The van der Waals surface area contributed by atoms with E-state index in [9.17, 15) is 10.3 Å². The summed E-state index contributed by atoms with van der Waals surface area (Å²) in [7, 11) is 0. The molecule has 0 saturated carbocycles. The topological polar surface area (TPSA) is 52.8 Å². The first-order valence-corrected chi connectivity index (χ1v) is 7.61. The Morgan fingerprint density at radius 3 is 2.33 bits per heavy atom. The van der Waals surface area contributed by atoms with Crippen LogP contribution in [0, 0.1) is 5.92 Å². The number of aliphatic hydroxyl groups excluding tert-OH is 1. The third-order valence-corrected chi connectivity index (χ3v) is 3.67. The molecule has 1 aromatic rings. The zero-order valence-electron chi connectivity index (χ0n) is 12.9. The Kier molecular flexibility index (Phi) is 11.3. The molecule has 0 amide bonds. The molecule has 2 atom stereocenters. The van der Waals surface area contributed by atoms with E-state index in [1.165, 1.54) is 12.8 Å². The Labute approximate surface area is 138 Å². The molecule has 0 aromatic heterocycles. The van der Waals surface area contributed by atoms with Crippen LogP contribution in [0.25, 0.3) is 0 Å². The number of hydrogen-bond donors (Lipinski definition) is 2. The van der Waals surface area contributed by atoms with Crippen LogP contribution in [0.1, 0.15) is 57.9 Å². The predicted molar refractivity (Wildman–Crippen MR) is 83.3 cm³/mol. The van der Waals surface area contributed by atoms with Crippen molar-refractivity contribution in [2.75, 3.05) is 0 Å². The minimum atomic E-state index is -0.259. The maximum atomic E-state index is 9.46. The second kappa shape index (κ2) is 11.8. The van der Waals surface area contributed by atoms with Gasteiger partial charge in [-0.1, -0.05) is 61.7 Å². The molecule has 2 N–H and O–H groups in total. The van der Waals surface area contributed by atoms with E-state index in [4.69, 9.17) is 0 Å². The van der Waals surface area contributed by atoms with Crippen LogP contribution in [0.3, 0.4) is 0 Å². The van der Waals surface area contributed by atoms with Crippen LogP contribution in [0.2, 0.25) is 0 Å². The largest absolute Gasteiger partial charge is 0.411 e. The van der Waals surface area contributed by atoms with Gasteiger partial charge in [0.1, 0.15) is 0 Å². The Bertz CT molecular complexity index is 393. The Balaban J connectivity index is 0.00000400. The van der Waals surface area contributed by atoms with Crippen molar-refractivity contribution in [2.24, 2.45) is 11.1 Å². The van der Waals surface area contributed by atoms with Gasteiger partial charge in [-0.3, -0.25) is 0 Å². The van der Waals surface area contributed by atoms with E-state index in [-0.39, 0.29) is 22.6 Å². The van der Waals surface area contributed by atoms with Crippen molar-refractivity contribution < 1.29 is 26.8 Å². The summed E-state index contributed by atoms with van der Waals surface area (Å²) in [5.74, 6) is 0.468. The van der Waals surface area contributed by atoms with Crippen molar-refractivity contribution >= 4 is 5.71 Å². The summed E-state index contributed by atoms with van der Waals surface area (Å²) in [6.07, 6.45) is 5.76. The van der Waals surface area contributed by atoms with Gasteiger partial charge in [0.05, 0.1) is 11.8 Å². The third-order valence-electron chi connectivity index (χ3n) is 3.67. The number of aliphatic hydroxyl groups is 1. The van der Waals surface area contributed by atoms with Gasteiger partial charge >= 0.3 is 0 Å². The summed E-state index contributed by atoms with van der Waals surface area (Å²) in [6, 6.07) is 9.82. The molecule has 0 heterocycles. The number of hydrogen-bond acceptors (Lipinski definition) is 3. The zero-order valence-corrected chi connectivity index (χ0v) is 13.9.